The first-order chi connectivity index (χ1) is 12.9. The van der Waals surface area contributed by atoms with Crippen LogP contribution >= 0.6 is 11.3 Å². The van der Waals surface area contributed by atoms with E-state index in [-0.39, 0.29) is 18.3 Å². The van der Waals surface area contributed by atoms with Gasteiger partial charge in [-0.3, -0.25) is 14.6 Å². The van der Waals surface area contributed by atoms with Gasteiger partial charge in [-0.25, -0.2) is 4.79 Å². The Balaban J connectivity index is 2.13. The van der Waals surface area contributed by atoms with E-state index < -0.39 is 29.7 Å². The zero-order valence-electron chi connectivity index (χ0n) is 15.9. The average Bonchev–Trinajstić information content (AvgIpc) is 3.14. The lowest BCUT2D eigenvalue weighted by molar-refractivity contribution is -0.152. The highest BCUT2D eigenvalue weighted by molar-refractivity contribution is 7.10. The van der Waals surface area contributed by atoms with E-state index in [1.807, 2.05) is 24.4 Å². The van der Waals surface area contributed by atoms with Crippen molar-refractivity contribution < 1.29 is 23.9 Å². The molecule has 0 aromatic carbocycles. The first kappa shape index (κ1) is 19.5. The van der Waals surface area contributed by atoms with Gasteiger partial charge in [0.15, 0.2) is 5.78 Å². The summed E-state index contributed by atoms with van der Waals surface area (Å²) < 4.78 is 10.1. The van der Waals surface area contributed by atoms with E-state index in [9.17, 15) is 14.4 Å². The number of hydrogen-bond acceptors (Lipinski definition) is 7. The molecule has 7 heteroatoms. The van der Waals surface area contributed by atoms with E-state index in [1.54, 1.807) is 13.8 Å². The van der Waals surface area contributed by atoms with Gasteiger partial charge in [0, 0.05) is 22.2 Å². The molecule has 1 aliphatic heterocycles. The van der Waals surface area contributed by atoms with Crippen molar-refractivity contribution in [1.29, 1.82) is 0 Å². The fraction of sp³-hybridized carbons (Fsp3) is 0.500. The third kappa shape index (κ3) is 3.36. The van der Waals surface area contributed by atoms with Crippen molar-refractivity contribution in [2.45, 2.75) is 33.1 Å². The monoisotopic (exact) mass is 389 g/mol. The molecule has 0 radical (unpaired) electrons. The van der Waals surface area contributed by atoms with E-state index in [4.69, 9.17) is 9.47 Å². The summed E-state index contributed by atoms with van der Waals surface area (Å²) in [6.07, 6.45) is 0.519. The van der Waals surface area contributed by atoms with Crippen molar-refractivity contribution in [3.63, 3.8) is 0 Å². The summed E-state index contributed by atoms with van der Waals surface area (Å²) in [5.74, 6) is -3.38. The highest BCUT2D eigenvalue weighted by Gasteiger charge is 2.51. The van der Waals surface area contributed by atoms with Gasteiger partial charge in [-0.1, -0.05) is 13.0 Å². The molecule has 1 aliphatic carbocycles. The Morgan fingerprint density at radius 3 is 2.67 bits per heavy atom. The zero-order chi connectivity index (χ0) is 19.7. The summed E-state index contributed by atoms with van der Waals surface area (Å²) in [6.45, 7) is 5.62. The molecule has 0 bridgehead atoms. The van der Waals surface area contributed by atoms with Gasteiger partial charge in [0.05, 0.1) is 25.2 Å². The summed E-state index contributed by atoms with van der Waals surface area (Å²) in [4.78, 5) is 43.8. The smallest absolute Gasteiger partial charge is 0.336 e. The minimum absolute atomic E-state index is 0.194. The molecule has 1 saturated carbocycles. The van der Waals surface area contributed by atoms with Crippen LogP contribution in [0.25, 0.3) is 0 Å². The Hall–Kier alpha value is -2.28. The minimum Gasteiger partial charge on any atom is -0.468 e. The molecular weight excluding hydrogens is 366 g/mol. The van der Waals surface area contributed by atoms with Crippen molar-refractivity contribution in [3.8, 4) is 0 Å². The molecular formula is C20H23NO5S. The number of aliphatic imine (C=N–C) groups is 1. The number of ether oxygens (including phenoxy) is 2. The Morgan fingerprint density at radius 2 is 2.07 bits per heavy atom. The van der Waals surface area contributed by atoms with E-state index in [0.717, 1.165) is 10.6 Å². The molecule has 1 fully saturated rings. The normalized spacial score (nSPS) is 27.7. The summed E-state index contributed by atoms with van der Waals surface area (Å²) in [5.41, 5.74) is 1.71. The van der Waals surface area contributed by atoms with Crippen LogP contribution in [0, 0.1) is 17.8 Å². The molecule has 2 aliphatic rings. The fourth-order valence-electron chi connectivity index (χ4n) is 4.09. The molecule has 27 heavy (non-hydrogen) atoms. The predicted octanol–water partition coefficient (Wildman–Crippen LogP) is 3.14. The highest BCUT2D eigenvalue weighted by atomic mass is 32.1. The lowest BCUT2D eigenvalue weighted by atomic mass is 9.65. The number of esters is 2. The maximum absolute atomic E-state index is 13.4. The summed E-state index contributed by atoms with van der Waals surface area (Å²) in [5, 5.41) is 1.91. The number of rotatable bonds is 4. The summed E-state index contributed by atoms with van der Waals surface area (Å²) >= 11 is 1.48. The number of thiophene rings is 1. The number of nitrogens with zero attached hydrogens (tertiary/aromatic N) is 1. The van der Waals surface area contributed by atoms with E-state index >= 15 is 0 Å². The van der Waals surface area contributed by atoms with Crippen LogP contribution in [0.2, 0.25) is 0 Å². The number of fused-ring (bicyclic) bond motifs is 1. The number of methoxy groups -OCH3 is 1. The highest BCUT2D eigenvalue weighted by Crippen LogP contribution is 2.46. The largest absolute Gasteiger partial charge is 0.468 e. The molecule has 0 saturated heterocycles. The number of hydrogen-bond donors (Lipinski definition) is 0. The molecule has 0 spiro atoms. The SMILES string of the molecule is CCOC(=O)C1=C(C)N=C2C[C@@H](C)[C@H](C(=O)OC)C(=O)[C@@H]2[C@H]1c1cccs1. The van der Waals surface area contributed by atoms with Crippen molar-refractivity contribution in [2.24, 2.45) is 22.7 Å². The van der Waals surface area contributed by atoms with E-state index in [0.29, 0.717) is 17.7 Å². The summed E-state index contributed by atoms with van der Waals surface area (Å²) in [7, 11) is 1.29. The number of allylic oxidation sites excluding steroid dienone is 1. The predicted molar refractivity (Wildman–Crippen MR) is 102 cm³/mol. The Labute approximate surface area is 162 Å². The molecule has 1 aromatic rings. The van der Waals surface area contributed by atoms with Gasteiger partial charge in [0.1, 0.15) is 5.92 Å². The topological polar surface area (TPSA) is 82.0 Å². The Bertz CT molecular complexity index is 823. The maximum atomic E-state index is 13.4. The van der Waals surface area contributed by atoms with Gasteiger partial charge in [0.2, 0.25) is 0 Å². The molecule has 6 nitrogen and oxygen atoms in total. The molecule has 2 heterocycles. The molecule has 3 rings (SSSR count). The number of ketones is 1. The van der Waals surface area contributed by atoms with Crippen LogP contribution in [0.4, 0.5) is 0 Å². The van der Waals surface area contributed by atoms with Crippen LogP contribution in [0.15, 0.2) is 33.8 Å². The van der Waals surface area contributed by atoms with E-state index in [2.05, 4.69) is 4.99 Å². The molecule has 1 aromatic heterocycles. The van der Waals surface area contributed by atoms with Crippen LogP contribution in [0.5, 0.6) is 0 Å². The van der Waals surface area contributed by atoms with Crippen molar-refractivity contribution >= 4 is 34.8 Å². The first-order valence-corrected chi connectivity index (χ1v) is 9.88. The van der Waals surface area contributed by atoms with Crippen LogP contribution < -0.4 is 0 Å². The molecule has 144 valence electrons. The Morgan fingerprint density at radius 1 is 1.33 bits per heavy atom. The van der Waals surface area contributed by atoms with Crippen LogP contribution in [-0.2, 0) is 23.9 Å². The third-order valence-corrected chi connectivity index (χ3v) is 6.17. The average molecular weight is 389 g/mol. The van der Waals surface area contributed by atoms with Crippen LogP contribution in [-0.4, -0.2) is 37.2 Å². The second-order valence-corrected chi connectivity index (χ2v) is 7.86. The van der Waals surface area contributed by atoms with Crippen molar-refractivity contribution in [2.75, 3.05) is 13.7 Å². The molecule has 0 unspecified atom stereocenters. The Kier molecular flexibility index (Phi) is 5.60. The molecule has 4 atom stereocenters. The number of Topliss-reactive ketones (excluding diaryl/α,β-unsaturated/α-hetero) is 1. The zero-order valence-corrected chi connectivity index (χ0v) is 16.7. The van der Waals surface area contributed by atoms with Crippen molar-refractivity contribution in [1.82, 2.24) is 0 Å². The van der Waals surface area contributed by atoms with Gasteiger partial charge in [-0.2, -0.15) is 0 Å². The minimum atomic E-state index is -0.844. The number of carbonyl (C=O) groups excluding carboxylic acids is 3. The third-order valence-electron chi connectivity index (χ3n) is 5.22. The van der Waals surface area contributed by atoms with E-state index in [1.165, 1.54) is 18.4 Å². The molecule has 0 amide bonds. The fourth-order valence-corrected chi connectivity index (χ4v) is 4.96. The van der Waals surface area contributed by atoms with Crippen LogP contribution in [0.3, 0.4) is 0 Å². The van der Waals surface area contributed by atoms with Gasteiger partial charge >= 0.3 is 11.9 Å². The van der Waals surface area contributed by atoms with Crippen LogP contribution in [0.1, 0.15) is 38.0 Å². The van der Waals surface area contributed by atoms with Gasteiger partial charge in [-0.05, 0) is 37.6 Å². The summed E-state index contributed by atoms with van der Waals surface area (Å²) in [6, 6.07) is 3.79. The second kappa shape index (κ2) is 7.76. The standard InChI is InChI=1S/C20H23NO5S/c1-5-26-20(24)15-11(3)21-12-9-10(2)14(19(23)25-4)18(22)16(12)17(15)13-7-6-8-27-13/h6-8,10,14,16-17H,5,9H2,1-4H3/t10-,14+,16+,17+/m1/s1. The van der Waals surface area contributed by atoms with Gasteiger partial charge in [-0.15, -0.1) is 11.3 Å². The maximum Gasteiger partial charge on any atom is 0.336 e. The number of carbonyl (C=O) groups is 3. The van der Waals surface area contributed by atoms with Gasteiger partial charge < -0.3 is 9.47 Å². The van der Waals surface area contributed by atoms with Gasteiger partial charge in [0.25, 0.3) is 0 Å². The quantitative estimate of drug-likeness (QED) is 0.584. The second-order valence-electron chi connectivity index (χ2n) is 6.88. The first-order valence-electron chi connectivity index (χ1n) is 9.00. The van der Waals surface area contributed by atoms with Crippen molar-refractivity contribution in [3.05, 3.63) is 33.7 Å². The lowest BCUT2D eigenvalue weighted by Gasteiger charge is -2.39. The molecule has 0 N–H and O–H groups in total. The lowest BCUT2D eigenvalue weighted by Crippen LogP contribution is -2.48.